The Bertz CT molecular complexity index is 522. The third kappa shape index (κ3) is 3.23. The van der Waals surface area contributed by atoms with Crippen molar-refractivity contribution < 1.29 is 9.59 Å². The van der Waals surface area contributed by atoms with Crippen molar-refractivity contribution in [1.82, 2.24) is 24.7 Å². The number of rotatable bonds is 3. The minimum absolute atomic E-state index is 0.0170. The first kappa shape index (κ1) is 14.9. The van der Waals surface area contributed by atoms with Gasteiger partial charge in [0.2, 0.25) is 5.91 Å². The maximum absolute atomic E-state index is 12.3. The summed E-state index contributed by atoms with van der Waals surface area (Å²) >= 11 is 0. The molecule has 3 heterocycles. The van der Waals surface area contributed by atoms with Crippen LogP contribution in [0.1, 0.15) is 19.3 Å². The molecule has 3 rings (SSSR count). The number of amides is 3. The van der Waals surface area contributed by atoms with Gasteiger partial charge in [0.25, 0.3) is 0 Å². The molecule has 2 aliphatic rings. The van der Waals surface area contributed by atoms with Gasteiger partial charge in [-0.15, -0.1) is 0 Å². The zero-order chi connectivity index (χ0) is 15.5. The molecule has 22 heavy (non-hydrogen) atoms. The minimum Gasteiger partial charge on any atom is -0.344 e. The normalized spacial score (nSPS) is 23.1. The maximum atomic E-state index is 12.3. The van der Waals surface area contributed by atoms with Gasteiger partial charge in [-0.3, -0.25) is 4.79 Å². The molecule has 0 aliphatic carbocycles. The molecule has 1 aromatic rings. The molecule has 3 amide bonds. The van der Waals surface area contributed by atoms with E-state index in [2.05, 4.69) is 14.9 Å². The van der Waals surface area contributed by atoms with Gasteiger partial charge in [0.05, 0.1) is 6.33 Å². The number of nitrogens with zero attached hydrogens (tertiary/aromatic N) is 4. The van der Waals surface area contributed by atoms with E-state index in [1.165, 1.54) is 0 Å². The minimum atomic E-state index is -0.346. The second-order valence-corrected chi connectivity index (χ2v) is 6.24. The monoisotopic (exact) mass is 305 g/mol. The Morgan fingerprint density at radius 1 is 1.32 bits per heavy atom. The Balaban J connectivity index is 1.45. The van der Waals surface area contributed by atoms with E-state index >= 15 is 0 Å². The highest BCUT2D eigenvalue weighted by Crippen LogP contribution is 2.19. The summed E-state index contributed by atoms with van der Waals surface area (Å²) in [6.45, 7) is 3.18. The lowest BCUT2D eigenvalue weighted by molar-refractivity contribution is -0.128. The lowest BCUT2D eigenvalue weighted by Crippen LogP contribution is -2.50. The van der Waals surface area contributed by atoms with Gasteiger partial charge >= 0.3 is 6.03 Å². The van der Waals surface area contributed by atoms with Gasteiger partial charge in [0.1, 0.15) is 6.04 Å². The average molecular weight is 305 g/mol. The van der Waals surface area contributed by atoms with Crippen molar-refractivity contribution in [3.8, 4) is 0 Å². The summed E-state index contributed by atoms with van der Waals surface area (Å²) < 4.78 is 2.09. The summed E-state index contributed by atoms with van der Waals surface area (Å²) in [7, 11) is 1.77. The molecule has 1 N–H and O–H groups in total. The van der Waals surface area contributed by atoms with Gasteiger partial charge in [-0.2, -0.15) is 0 Å². The summed E-state index contributed by atoms with van der Waals surface area (Å²) in [5.41, 5.74) is 0. The van der Waals surface area contributed by atoms with Gasteiger partial charge < -0.3 is 19.7 Å². The topological polar surface area (TPSA) is 70.5 Å². The molecule has 0 radical (unpaired) electrons. The molecule has 1 atom stereocenters. The van der Waals surface area contributed by atoms with Gasteiger partial charge in [-0.1, -0.05) is 0 Å². The highest BCUT2D eigenvalue weighted by Gasteiger charge is 2.32. The summed E-state index contributed by atoms with van der Waals surface area (Å²) in [5, 5.41) is 2.87. The molecule has 2 saturated heterocycles. The molecule has 0 unspecified atom stereocenters. The molecule has 1 aromatic heterocycles. The molecular weight excluding hydrogens is 282 g/mol. The van der Waals surface area contributed by atoms with Crippen LogP contribution in [-0.4, -0.2) is 64.0 Å². The number of nitrogens with one attached hydrogen (secondary N) is 1. The fraction of sp³-hybridized carbons (Fsp3) is 0.667. The Labute approximate surface area is 130 Å². The summed E-state index contributed by atoms with van der Waals surface area (Å²) in [6.07, 6.45) is 8.28. The fourth-order valence-electron chi connectivity index (χ4n) is 3.21. The molecule has 7 heteroatoms. The molecule has 0 bridgehead atoms. The van der Waals surface area contributed by atoms with Crippen LogP contribution in [0.5, 0.6) is 0 Å². The SMILES string of the molecule is CN1CC[C@H](NC(=O)N2CCC(Cn3ccnc3)CC2)C1=O. The van der Waals surface area contributed by atoms with Crippen LogP contribution >= 0.6 is 0 Å². The quantitative estimate of drug-likeness (QED) is 0.886. The number of aromatic nitrogens is 2. The Hall–Kier alpha value is -2.05. The number of hydrogen-bond donors (Lipinski definition) is 1. The Morgan fingerprint density at radius 3 is 2.68 bits per heavy atom. The van der Waals surface area contributed by atoms with Crippen molar-refractivity contribution in [3.05, 3.63) is 18.7 Å². The van der Waals surface area contributed by atoms with Crippen molar-refractivity contribution in [3.63, 3.8) is 0 Å². The second kappa shape index (κ2) is 6.37. The van der Waals surface area contributed by atoms with Crippen LogP contribution in [0.4, 0.5) is 4.79 Å². The first-order chi connectivity index (χ1) is 10.6. The van der Waals surface area contributed by atoms with E-state index < -0.39 is 0 Å². The third-order valence-electron chi connectivity index (χ3n) is 4.66. The zero-order valence-electron chi connectivity index (χ0n) is 12.9. The number of urea groups is 1. The predicted octanol–water partition coefficient (Wildman–Crippen LogP) is 0.535. The number of imidazole rings is 1. The van der Waals surface area contributed by atoms with E-state index in [-0.39, 0.29) is 18.0 Å². The summed E-state index contributed by atoms with van der Waals surface area (Å²) in [6, 6.07) is -0.448. The van der Waals surface area contributed by atoms with Crippen molar-refractivity contribution in [2.45, 2.75) is 31.8 Å². The van der Waals surface area contributed by atoms with Gasteiger partial charge in [-0.05, 0) is 25.2 Å². The zero-order valence-corrected chi connectivity index (χ0v) is 12.9. The number of likely N-dealkylation sites (tertiary alicyclic amines) is 2. The smallest absolute Gasteiger partial charge is 0.318 e. The van der Waals surface area contributed by atoms with Crippen LogP contribution in [0.15, 0.2) is 18.7 Å². The molecular formula is C15H23N5O2. The van der Waals surface area contributed by atoms with Crippen molar-refractivity contribution in [1.29, 1.82) is 0 Å². The number of carbonyl (C=O) groups is 2. The predicted molar refractivity (Wildman–Crippen MR) is 81.1 cm³/mol. The van der Waals surface area contributed by atoms with E-state index in [0.29, 0.717) is 12.3 Å². The van der Waals surface area contributed by atoms with Crippen LogP contribution in [0.25, 0.3) is 0 Å². The Kier molecular flexibility index (Phi) is 4.31. The summed E-state index contributed by atoms with van der Waals surface area (Å²) in [5.74, 6) is 0.598. The first-order valence-electron chi connectivity index (χ1n) is 7.89. The van der Waals surface area contributed by atoms with E-state index in [1.54, 1.807) is 18.1 Å². The Morgan fingerprint density at radius 2 is 2.09 bits per heavy atom. The number of carbonyl (C=O) groups excluding carboxylic acids is 2. The van der Waals surface area contributed by atoms with Crippen molar-refractivity contribution in [2.75, 3.05) is 26.7 Å². The number of likely N-dealkylation sites (N-methyl/N-ethyl adjacent to an activating group) is 1. The van der Waals surface area contributed by atoms with Crippen LogP contribution < -0.4 is 5.32 Å². The fourth-order valence-corrected chi connectivity index (χ4v) is 3.21. The third-order valence-corrected chi connectivity index (χ3v) is 4.66. The second-order valence-electron chi connectivity index (χ2n) is 6.24. The van der Waals surface area contributed by atoms with Gasteiger partial charge in [0.15, 0.2) is 0 Å². The standard InChI is InChI=1S/C15H23N5O2/c1-18-6-4-13(14(18)21)17-15(22)20-7-2-12(3-8-20)10-19-9-5-16-11-19/h5,9,11-13H,2-4,6-8,10H2,1H3,(H,17,22)/t13-/m0/s1. The van der Waals surface area contributed by atoms with Gasteiger partial charge in [0, 0.05) is 45.6 Å². The molecule has 120 valence electrons. The summed E-state index contributed by atoms with van der Waals surface area (Å²) in [4.78, 5) is 31.6. The molecule has 2 aliphatic heterocycles. The maximum Gasteiger partial charge on any atom is 0.318 e. The van der Waals surface area contributed by atoms with Crippen LogP contribution in [0, 0.1) is 5.92 Å². The van der Waals surface area contributed by atoms with Crippen LogP contribution in [0.3, 0.4) is 0 Å². The average Bonchev–Trinajstić information content (AvgIpc) is 3.13. The lowest BCUT2D eigenvalue weighted by Gasteiger charge is -2.32. The van der Waals surface area contributed by atoms with Crippen molar-refractivity contribution >= 4 is 11.9 Å². The van der Waals surface area contributed by atoms with E-state index in [1.807, 2.05) is 17.4 Å². The van der Waals surface area contributed by atoms with Crippen LogP contribution in [0.2, 0.25) is 0 Å². The van der Waals surface area contributed by atoms with Crippen LogP contribution in [-0.2, 0) is 11.3 Å². The van der Waals surface area contributed by atoms with Crippen molar-refractivity contribution in [2.24, 2.45) is 5.92 Å². The lowest BCUT2D eigenvalue weighted by atomic mass is 9.97. The molecule has 0 spiro atoms. The van der Waals surface area contributed by atoms with Gasteiger partial charge in [-0.25, -0.2) is 9.78 Å². The highest BCUT2D eigenvalue weighted by atomic mass is 16.2. The van der Waals surface area contributed by atoms with E-state index in [0.717, 1.165) is 39.0 Å². The highest BCUT2D eigenvalue weighted by molar-refractivity contribution is 5.88. The largest absolute Gasteiger partial charge is 0.344 e. The molecule has 2 fully saturated rings. The molecule has 0 aromatic carbocycles. The molecule has 7 nitrogen and oxygen atoms in total. The first-order valence-corrected chi connectivity index (χ1v) is 7.89. The van der Waals surface area contributed by atoms with E-state index in [9.17, 15) is 9.59 Å². The molecule has 0 saturated carbocycles. The number of hydrogen-bond acceptors (Lipinski definition) is 3. The number of piperidine rings is 1. The van der Waals surface area contributed by atoms with E-state index in [4.69, 9.17) is 0 Å².